The first-order valence-corrected chi connectivity index (χ1v) is 4.24. The summed E-state index contributed by atoms with van der Waals surface area (Å²) in [7, 11) is 0. The van der Waals surface area contributed by atoms with Crippen LogP contribution in [0, 0.1) is 11.8 Å². The molecule has 0 unspecified atom stereocenters. The predicted octanol–water partition coefficient (Wildman–Crippen LogP) is -0.235. The molecule has 2 bridgehead atoms. The molecule has 64 valence electrons. The van der Waals surface area contributed by atoms with Gasteiger partial charge in [-0.15, -0.1) is 0 Å². The molecule has 0 radical (unpaired) electrons. The van der Waals surface area contributed by atoms with Gasteiger partial charge in [0.25, 0.3) is 0 Å². The fourth-order valence-corrected chi connectivity index (χ4v) is 2.38. The molecule has 2 aliphatic heterocycles. The van der Waals surface area contributed by atoms with Crippen LogP contribution in [-0.2, 0) is 4.74 Å². The van der Waals surface area contributed by atoms with Gasteiger partial charge in [0.05, 0.1) is 12.2 Å². The topological polar surface area (TPSA) is 49.7 Å². The molecule has 2 fully saturated rings. The second-order valence-electron chi connectivity index (χ2n) is 3.48. The summed E-state index contributed by atoms with van der Waals surface area (Å²) in [6.07, 6.45) is 2.57. The molecule has 2 N–H and O–H groups in total. The zero-order valence-corrected chi connectivity index (χ0v) is 6.44. The Morgan fingerprint density at radius 2 is 1.45 bits per heavy atom. The number of ether oxygens (including phenoxy) is 1. The zero-order chi connectivity index (χ0) is 7.84. The summed E-state index contributed by atoms with van der Waals surface area (Å²) in [5.74, 6) is 0.387. The van der Waals surface area contributed by atoms with E-state index < -0.39 is 0 Å². The van der Waals surface area contributed by atoms with E-state index in [1.54, 1.807) is 0 Å². The van der Waals surface area contributed by atoms with Crippen LogP contribution in [0.3, 0.4) is 0 Å². The minimum atomic E-state index is 0.159. The quantitative estimate of drug-likeness (QED) is 0.583. The van der Waals surface area contributed by atoms with Crippen LogP contribution in [0.2, 0.25) is 0 Å². The Morgan fingerprint density at radius 1 is 1.00 bits per heavy atom. The lowest BCUT2D eigenvalue weighted by atomic mass is 9.80. The molecule has 0 aliphatic carbocycles. The zero-order valence-electron chi connectivity index (χ0n) is 6.44. The van der Waals surface area contributed by atoms with E-state index in [0.29, 0.717) is 0 Å². The van der Waals surface area contributed by atoms with Gasteiger partial charge in [0, 0.05) is 25.0 Å². The maximum atomic E-state index is 9.00. The average molecular weight is 158 g/mol. The van der Waals surface area contributed by atoms with Crippen molar-refractivity contribution >= 4 is 0 Å². The predicted molar refractivity (Wildman–Crippen MR) is 39.0 cm³/mol. The van der Waals surface area contributed by atoms with E-state index >= 15 is 0 Å². The SMILES string of the molecule is OC[C@H]1[C@H](CO)[C@H]2CC[C@H]1O2. The highest BCUT2D eigenvalue weighted by Crippen LogP contribution is 2.42. The Labute approximate surface area is 66.0 Å². The fraction of sp³-hybridized carbons (Fsp3) is 1.00. The molecule has 0 aromatic carbocycles. The van der Waals surface area contributed by atoms with Crippen LogP contribution in [0.4, 0.5) is 0 Å². The number of hydrogen-bond acceptors (Lipinski definition) is 3. The van der Waals surface area contributed by atoms with E-state index in [-0.39, 0.29) is 37.3 Å². The number of aliphatic hydroxyl groups is 2. The standard InChI is InChI=1S/C8H14O3/c9-3-5-6(4-10)8-2-1-7(5)11-8/h5-10H,1-4H2/t5-,6-,7+,8+/m0/s1. The van der Waals surface area contributed by atoms with Crippen LogP contribution in [0.1, 0.15) is 12.8 Å². The van der Waals surface area contributed by atoms with E-state index in [9.17, 15) is 0 Å². The molecule has 3 nitrogen and oxygen atoms in total. The van der Waals surface area contributed by atoms with Crippen molar-refractivity contribution in [3.63, 3.8) is 0 Å². The van der Waals surface area contributed by atoms with Crippen LogP contribution >= 0.6 is 0 Å². The highest BCUT2D eigenvalue weighted by atomic mass is 16.5. The van der Waals surface area contributed by atoms with Crippen molar-refractivity contribution in [2.45, 2.75) is 25.0 Å². The summed E-state index contributed by atoms with van der Waals surface area (Å²) < 4.78 is 5.56. The molecule has 4 atom stereocenters. The van der Waals surface area contributed by atoms with E-state index in [0.717, 1.165) is 12.8 Å². The third-order valence-electron chi connectivity index (χ3n) is 3.01. The second-order valence-corrected chi connectivity index (χ2v) is 3.48. The lowest BCUT2D eigenvalue weighted by Crippen LogP contribution is -2.32. The highest BCUT2D eigenvalue weighted by molar-refractivity contribution is 4.95. The monoisotopic (exact) mass is 158 g/mol. The molecular formula is C8H14O3. The molecule has 11 heavy (non-hydrogen) atoms. The number of aliphatic hydroxyl groups excluding tert-OH is 2. The molecule has 3 heteroatoms. The number of fused-ring (bicyclic) bond motifs is 2. The van der Waals surface area contributed by atoms with Crippen LogP contribution in [0.25, 0.3) is 0 Å². The van der Waals surface area contributed by atoms with Crippen molar-refractivity contribution in [2.75, 3.05) is 13.2 Å². The molecule has 2 aliphatic rings. The van der Waals surface area contributed by atoms with Crippen LogP contribution in [-0.4, -0.2) is 35.6 Å². The van der Waals surface area contributed by atoms with Gasteiger partial charge in [-0.05, 0) is 12.8 Å². The minimum Gasteiger partial charge on any atom is -0.396 e. The van der Waals surface area contributed by atoms with Gasteiger partial charge in [0.15, 0.2) is 0 Å². The maximum Gasteiger partial charge on any atom is 0.0634 e. The number of rotatable bonds is 2. The summed E-state index contributed by atoms with van der Waals surface area (Å²) in [4.78, 5) is 0. The summed E-state index contributed by atoms with van der Waals surface area (Å²) in [5, 5.41) is 18.0. The Hall–Kier alpha value is -0.120. The molecule has 2 heterocycles. The van der Waals surface area contributed by atoms with Gasteiger partial charge in [-0.25, -0.2) is 0 Å². The first-order chi connectivity index (χ1) is 5.36. The van der Waals surface area contributed by atoms with Crippen LogP contribution in [0.15, 0.2) is 0 Å². The summed E-state index contributed by atoms with van der Waals surface area (Å²) in [6, 6.07) is 0. The van der Waals surface area contributed by atoms with Crippen molar-refractivity contribution in [1.29, 1.82) is 0 Å². The van der Waals surface area contributed by atoms with Crippen LogP contribution < -0.4 is 0 Å². The lowest BCUT2D eigenvalue weighted by molar-refractivity contribution is 0.0764. The van der Waals surface area contributed by atoms with E-state index in [2.05, 4.69) is 0 Å². The normalized spacial score (nSPS) is 48.5. The lowest BCUT2D eigenvalue weighted by Gasteiger charge is -2.24. The molecule has 0 spiro atoms. The van der Waals surface area contributed by atoms with Crippen molar-refractivity contribution in [2.24, 2.45) is 11.8 Å². The molecule has 0 aromatic heterocycles. The van der Waals surface area contributed by atoms with Gasteiger partial charge in [-0.1, -0.05) is 0 Å². The third kappa shape index (κ3) is 0.991. The highest BCUT2D eigenvalue weighted by Gasteiger charge is 2.47. The molecule has 0 saturated carbocycles. The molecule has 2 saturated heterocycles. The van der Waals surface area contributed by atoms with Gasteiger partial charge < -0.3 is 14.9 Å². The largest absolute Gasteiger partial charge is 0.396 e. The second kappa shape index (κ2) is 2.73. The molecule has 0 amide bonds. The third-order valence-corrected chi connectivity index (χ3v) is 3.01. The van der Waals surface area contributed by atoms with Crippen molar-refractivity contribution < 1.29 is 14.9 Å². The maximum absolute atomic E-state index is 9.00. The molecule has 0 aromatic rings. The first-order valence-electron chi connectivity index (χ1n) is 4.24. The fourth-order valence-electron chi connectivity index (χ4n) is 2.38. The van der Waals surface area contributed by atoms with Gasteiger partial charge in [-0.2, -0.15) is 0 Å². The summed E-state index contributed by atoms with van der Waals surface area (Å²) in [6.45, 7) is 0.318. The van der Waals surface area contributed by atoms with Gasteiger partial charge in [0.2, 0.25) is 0 Å². The number of hydrogen-bond donors (Lipinski definition) is 2. The smallest absolute Gasteiger partial charge is 0.0634 e. The van der Waals surface area contributed by atoms with E-state index in [4.69, 9.17) is 14.9 Å². The van der Waals surface area contributed by atoms with Crippen molar-refractivity contribution in [1.82, 2.24) is 0 Å². The Balaban J connectivity index is 2.08. The minimum absolute atomic E-state index is 0.159. The molecule has 2 rings (SSSR count). The summed E-state index contributed by atoms with van der Waals surface area (Å²) >= 11 is 0. The van der Waals surface area contributed by atoms with Crippen molar-refractivity contribution in [3.05, 3.63) is 0 Å². The van der Waals surface area contributed by atoms with E-state index in [1.165, 1.54) is 0 Å². The molecular weight excluding hydrogens is 144 g/mol. The average Bonchev–Trinajstić information content (AvgIpc) is 2.60. The van der Waals surface area contributed by atoms with Gasteiger partial charge >= 0.3 is 0 Å². The van der Waals surface area contributed by atoms with E-state index in [1.807, 2.05) is 0 Å². The van der Waals surface area contributed by atoms with Crippen LogP contribution in [0.5, 0.6) is 0 Å². The summed E-state index contributed by atoms with van der Waals surface area (Å²) in [5.41, 5.74) is 0. The van der Waals surface area contributed by atoms with Gasteiger partial charge in [-0.3, -0.25) is 0 Å². The Morgan fingerprint density at radius 3 is 1.82 bits per heavy atom. The van der Waals surface area contributed by atoms with Crippen molar-refractivity contribution in [3.8, 4) is 0 Å². The Kier molecular flexibility index (Phi) is 1.87. The Bertz CT molecular complexity index is 132. The first kappa shape index (κ1) is 7.53. The van der Waals surface area contributed by atoms with Gasteiger partial charge in [0.1, 0.15) is 0 Å².